The fraction of sp³-hybridized carbons (Fsp3) is 0.476. The van der Waals surface area contributed by atoms with E-state index < -0.39 is 0 Å². The average molecular weight is 352 g/mol. The van der Waals surface area contributed by atoms with Gasteiger partial charge in [-0.3, -0.25) is 4.79 Å². The molecule has 1 aliphatic heterocycles. The number of carbonyl (C=O) groups is 1. The summed E-state index contributed by atoms with van der Waals surface area (Å²) in [4.78, 5) is 24.3. The lowest BCUT2D eigenvalue weighted by atomic mass is 10.0. The second kappa shape index (κ2) is 7.85. The van der Waals surface area contributed by atoms with Crippen LogP contribution >= 0.6 is 0 Å². The molecule has 2 aromatic rings. The molecule has 3 rings (SSSR count). The number of anilines is 2. The van der Waals surface area contributed by atoms with Gasteiger partial charge in [0, 0.05) is 24.0 Å². The number of nitrogens with zero attached hydrogens (tertiary/aromatic N) is 3. The quantitative estimate of drug-likeness (QED) is 0.885. The standard InChI is InChI=1S/C21H28N4O/c1-5-17-8-6-7-11-25(17)21-22-16(4)13-19(24-21)20(26)23-18-12-14(2)9-10-15(18)3/h9-10,12-13,17H,5-8,11H2,1-4H3,(H,23,26). The molecular formula is C21H28N4O. The molecule has 0 spiro atoms. The molecule has 1 fully saturated rings. The van der Waals surface area contributed by atoms with Gasteiger partial charge in [0.1, 0.15) is 5.69 Å². The minimum Gasteiger partial charge on any atom is -0.338 e. The summed E-state index contributed by atoms with van der Waals surface area (Å²) in [6, 6.07) is 8.26. The molecule has 0 aliphatic carbocycles. The molecule has 1 saturated heterocycles. The highest BCUT2D eigenvalue weighted by Crippen LogP contribution is 2.24. The molecule has 1 unspecified atom stereocenters. The van der Waals surface area contributed by atoms with Gasteiger partial charge in [0.2, 0.25) is 5.95 Å². The molecule has 0 bridgehead atoms. The maximum Gasteiger partial charge on any atom is 0.274 e. The first-order chi connectivity index (χ1) is 12.5. The van der Waals surface area contributed by atoms with Crippen LogP contribution in [0.15, 0.2) is 24.3 Å². The van der Waals surface area contributed by atoms with Crippen LogP contribution in [0.3, 0.4) is 0 Å². The van der Waals surface area contributed by atoms with Crippen molar-refractivity contribution in [3.8, 4) is 0 Å². The lowest BCUT2D eigenvalue weighted by molar-refractivity contribution is 0.102. The van der Waals surface area contributed by atoms with Gasteiger partial charge in [0.15, 0.2) is 0 Å². The Hall–Kier alpha value is -2.43. The van der Waals surface area contributed by atoms with Crippen molar-refractivity contribution in [3.63, 3.8) is 0 Å². The molecule has 5 heteroatoms. The molecule has 1 atom stereocenters. The van der Waals surface area contributed by atoms with E-state index in [1.54, 1.807) is 6.07 Å². The number of hydrogen-bond donors (Lipinski definition) is 1. The first-order valence-electron chi connectivity index (χ1n) is 9.49. The van der Waals surface area contributed by atoms with Gasteiger partial charge in [-0.05, 0) is 69.7 Å². The Bertz CT molecular complexity index is 803. The topological polar surface area (TPSA) is 58.1 Å². The fourth-order valence-electron chi connectivity index (χ4n) is 3.54. The van der Waals surface area contributed by atoms with E-state index in [-0.39, 0.29) is 5.91 Å². The van der Waals surface area contributed by atoms with E-state index in [4.69, 9.17) is 0 Å². The number of rotatable bonds is 4. The normalized spacial score (nSPS) is 17.2. The van der Waals surface area contributed by atoms with Crippen LogP contribution in [0.4, 0.5) is 11.6 Å². The molecule has 1 aromatic heterocycles. The molecular weight excluding hydrogens is 324 g/mol. The molecule has 0 saturated carbocycles. The number of hydrogen-bond acceptors (Lipinski definition) is 4. The van der Waals surface area contributed by atoms with Crippen LogP contribution in [0.5, 0.6) is 0 Å². The van der Waals surface area contributed by atoms with Crippen LogP contribution in [0, 0.1) is 20.8 Å². The lowest BCUT2D eigenvalue weighted by Gasteiger charge is -2.35. The minimum absolute atomic E-state index is 0.185. The van der Waals surface area contributed by atoms with Crippen LogP contribution in [0.25, 0.3) is 0 Å². The first-order valence-corrected chi connectivity index (χ1v) is 9.49. The Morgan fingerprint density at radius 3 is 2.77 bits per heavy atom. The van der Waals surface area contributed by atoms with Crippen LogP contribution < -0.4 is 10.2 Å². The molecule has 0 radical (unpaired) electrons. The monoisotopic (exact) mass is 352 g/mol. The zero-order valence-electron chi connectivity index (χ0n) is 16.2. The largest absolute Gasteiger partial charge is 0.338 e. The van der Waals surface area contributed by atoms with Crippen molar-refractivity contribution in [3.05, 3.63) is 46.8 Å². The molecule has 26 heavy (non-hydrogen) atoms. The third-order valence-electron chi connectivity index (χ3n) is 5.07. The van der Waals surface area contributed by atoms with Crippen molar-refractivity contribution >= 4 is 17.5 Å². The van der Waals surface area contributed by atoms with Gasteiger partial charge in [0.25, 0.3) is 5.91 Å². The second-order valence-corrected chi connectivity index (χ2v) is 7.22. The number of aryl methyl sites for hydroxylation is 3. The average Bonchev–Trinajstić information content (AvgIpc) is 2.64. The number of piperidine rings is 1. The molecule has 1 N–H and O–H groups in total. The molecule has 138 valence electrons. The molecule has 1 aliphatic rings. The molecule has 1 aromatic carbocycles. The number of amides is 1. The summed E-state index contributed by atoms with van der Waals surface area (Å²) >= 11 is 0. The zero-order chi connectivity index (χ0) is 18.7. The summed E-state index contributed by atoms with van der Waals surface area (Å²) < 4.78 is 0. The summed E-state index contributed by atoms with van der Waals surface area (Å²) in [5, 5.41) is 3.00. The van der Waals surface area contributed by atoms with Gasteiger partial charge in [-0.25, -0.2) is 9.97 Å². The van der Waals surface area contributed by atoms with E-state index in [9.17, 15) is 4.79 Å². The molecule has 1 amide bonds. The summed E-state index contributed by atoms with van der Waals surface area (Å²) in [6.07, 6.45) is 4.64. The van der Waals surface area contributed by atoms with Gasteiger partial charge in [-0.1, -0.05) is 19.1 Å². The van der Waals surface area contributed by atoms with E-state index in [1.807, 2.05) is 39.0 Å². The number of benzene rings is 1. The Morgan fingerprint density at radius 2 is 2.00 bits per heavy atom. The molecule has 2 heterocycles. The predicted molar refractivity (Wildman–Crippen MR) is 106 cm³/mol. The summed E-state index contributed by atoms with van der Waals surface area (Å²) in [5.74, 6) is 0.498. The van der Waals surface area contributed by atoms with Crippen molar-refractivity contribution in [2.75, 3.05) is 16.8 Å². The highest BCUT2D eigenvalue weighted by atomic mass is 16.1. The summed E-state index contributed by atoms with van der Waals surface area (Å²) in [7, 11) is 0. The van der Waals surface area contributed by atoms with E-state index in [2.05, 4.69) is 27.1 Å². The number of carbonyl (C=O) groups excluding carboxylic acids is 1. The van der Waals surface area contributed by atoms with Crippen molar-refractivity contribution in [1.29, 1.82) is 0 Å². The number of aromatic nitrogens is 2. The van der Waals surface area contributed by atoms with E-state index >= 15 is 0 Å². The Labute approximate surface area is 155 Å². The summed E-state index contributed by atoms with van der Waals surface area (Å²) in [5.41, 5.74) is 4.23. The smallest absolute Gasteiger partial charge is 0.274 e. The van der Waals surface area contributed by atoms with Crippen LogP contribution in [0.2, 0.25) is 0 Å². The van der Waals surface area contributed by atoms with Gasteiger partial charge in [0.05, 0.1) is 0 Å². The van der Waals surface area contributed by atoms with Crippen LogP contribution in [-0.4, -0.2) is 28.5 Å². The minimum atomic E-state index is -0.185. The number of nitrogens with one attached hydrogen (secondary N) is 1. The van der Waals surface area contributed by atoms with Crippen molar-refractivity contribution in [2.45, 2.75) is 59.4 Å². The van der Waals surface area contributed by atoms with Crippen LogP contribution in [-0.2, 0) is 0 Å². The van der Waals surface area contributed by atoms with E-state index in [0.29, 0.717) is 17.7 Å². The Balaban J connectivity index is 1.87. The zero-order valence-corrected chi connectivity index (χ0v) is 16.2. The lowest BCUT2D eigenvalue weighted by Crippen LogP contribution is -2.40. The predicted octanol–water partition coefficient (Wildman–Crippen LogP) is 4.42. The van der Waals surface area contributed by atoms with Crippen molar-refractivity contribution < 1.29 is 4.79 Å². The van der Waals surface area contributed by atoms with Gasteiger partial charge >= 0.3 is 0 Å². The van der Waals surface area contributed by atoms with Crippen molar-refractivity contribution in [2.24, 2.45) is 0 Å². The maximum atomic E-state index is 12.8. The first kappa shape index (κ1) is 18.4. The fourth-order valence-corrected chi connectivity index (χ4v) is 3.54. The highest BCUT2D eigenvalue weighted by molar-refractivity contribution is 6.03. The van der Waals surface area contributed by atoms with Crippen LogP contribution in [0.1, 0.15) is 59.9 Å². The second-order valence-electron chi connectivity index (χ2n) is 7.22. The highest BCUT2D eigenvalue weighted by Gasteiger charge is 2.24. The van der Waals surface area contributed by atoms with Gasteiger partial charge < -0.3 is 10.2 Å². The van der Waals surface area contributed by atoms with E-state index in [1.165, 1.54) is 6.42 Å². The third-order valence-corrected chi connectivity index (χ3v) is 5.07. The Kier molecular flexibility index (Phi) is 5.55. The van der Waals surface area contributed by atoms with Crippen molar-refractivity contribution in [1.82, 2.24) is 9.97 Å². The third kappa shape index (κ3) is 4.03. The molecule has 5 nitrogen and oxygen atoms in total. The SMILES string of the molecule is CCC1CCCCN1c1nc(C)cc(C(=O)Nc2cc(C)ccc2C)n1. The van der Waals surface area contributed by atoms with E-state index in [0.717, 1.165) is 48.3 Å². The van der Waals surface area contributed by atoms with Gasteiger partial charge in [-0.2, -0.15) is 0 Å². The Morgan fingerprint density at radius 1 is 1.19 bits per heavy atom. The van der Waals surface area contributed by atoms with Gasteiger partial charge in [-0.15, -0.1) is 0 Å². The maximum absolute atomic E-state index is 12.8. The summed E-state index contributed by atoms with van der Waals surface area (Å²) in [6.45, 7) is 9.09.